The normalized spacial score (nSPS) is 21.0. The summed E-state index contributed by atoms with van der Waals surface area (Å²) in [5.41, 5.74) is 7.03. The zero-order valence-electron chi connectivity index (χ0n) is 12.5. The molecule has 0 radical (unpaired) electrons. The zero-order valence-corrected chi connectivity index (χ0v) is 12.5. The van der Waals surface area contributed by atoms with Crippen LogP contribution >= 0.6 is 0 Å². The van der Waals surface area contributed by atoms with E-state index < -0.39 is 0 Å². The summed E-state index contributed by atoms with van der Waals surface area (Å²) in [5, 5.41) is 4.61. The number of hydrogen-bond acceptors (Lipinski definition) is 5. The Labute approximate surface area is 123 Å². The number of aromatic nitrogens is 3. The van der Waals surface area contributed by atoms with Gasteiger partial charge in [0.1, 0.15) is 5.82 Å². The van der Waals surface area contributed by atoms with E-state index in [0.717, 1.165) is 24.2 Å². The summed E-state index contributed by atoms with van der Waals surface area (Å²) >= 11 is 0. The van der Waals surface area contributed by atoms with Gasteiger partial charge in [-0.05, 0) is 38.0 Å². The minimum atomic E-state index is -0.0393. The number of methoxy groups -OCH3 is 2. The van der Waals surface area contributed by atoms with Crippen LogP contribution in [0.15, 0.2) is 18.2 Å². The molecule has 1 aromatic heterocycles. The molecule has 6 nitrogen and oxygen atoms in total. The van der Waals surface area contributed by atoms with E-state index in [4.69, 9.17) is 15.2 Å². The van der Waals surface area contributed by atoms with Gasteiger partial charge in [0.15, 0.2) is 17.3 Å². The fraction of sp³-hybridized carbons (Fsp3) is 0.467. The summed E-state index contributed by atoms with van der Waals surface area (Å²) in [4.78, 5) is 4.61. The topological polar surface area (TPSA) is 75.2 Å². The van der Waals surface area contributed by atoms with Crippen molar-refractivity contribution in [2.45, 2.75) is 31.8 Å². The van der Waals surface area contributed by atoms with Crippen LogP contribution in [0, 0.1) is 0 Å². The van der Waals surface area contributed by atoms with Crippen LogP contribution in [0.5, 0.6) is 11.5 Å². The van der Waals surface area contributed by atoms with Crippen LogP contribution in [0.2, 0.25) is 0 Å². The summed E-state index contributed by atoms with van der Waals surface area (Å²) < 4.78 is 12.5. The number of ether oxygens (including phenoxy) is 2. The average molecular weight is 288 g/mol. The second kappa shape index (κ2) is 5.37. The Morgan fingerprint density at radius 1 is 1.19 bits per heavy atom. The van der Waals surface area contributed by atoms with E-state index in [1.165, 1.54) is 0 Å². The summed E-state index contributed by atoms with van der Waals surface area (Å²) in [5.74, 6) is 2.89. The monoisotopic (exact) mass is 288 g/mol. The van der Waals surface area contributed by atoms with Crippen LogP contribution in [0.1, 0.15) is 37.7 Å². The lowest BCUT2D eigenvalue weighted by atomic mass is 10.0. The van der Waals surface area contributed by atoms with Crippen molar-refractivity contribution in [3.8, 4) is 22.9 Å². The molecule has 0 spiro atoms. The Bertz CT molecular complexity index is 626. The number of rotatable bonds is 3. The van der Waals surface area contributed by atoms with Gasteiger partial charge in [-0.3, -0.25) is 0 Å². The number of hydrogen-bond donors (Lipinski definition) is 1. The Morgan fingerprint density at radius 3 is 2.62 bits per heavy atom. The first-order valence-electron chi connectivity index (χ1n) is 7.08. The first-order valence-corrected chi connectivity index (χ1v) is 7.08. The minimum absolute atomic E-state index is 0.0393. The van der Waals surface area contributed by atoms with Gasteiger partial charge in [0.25, 0.3) is 0 Å². The Balaban J connectivity index is 2.03. The molecule has 1 aromatic carbocycles. The molecule has 0 bridgehead atoms. The van der Waals surface area contributed by atoms with Gasteiger partial charge in [-0.15, -0.1) is 0 Å². The largest absolute Gasteiger partial charge is 0.493 e. The third-order valence-corrected chi connectivity index (χ3v) is 3.94. The predicted octanol–water partition coefficient (Wildman–Crippen LogP) is 2.32. The van der Waals surface area contributed by atoms with Crippen LogP contribution in [0.3, 0.4) is 0 Å². The van der Waals surface area contributed by atoms with Crippen molar-refractivity contribution in [3.05, 3.63) is 24.0 Å². The summed E-state index contributed by atoms with van der Waals surface area (Å²) in [6.45, 7) is 2.14. The maximum Gasteiger partial charge on any atom is 0.181 e. The average Bonchev–Trinajstić information content (AvgIpc) is 2.97. The van der Waals surface area contributed by atoms with Gasteiger partial charge in [0.05, 0.1) is 26.3 Å². The SMILES string of the molecule is COc1ccc(-c2nc3n(n2)C(C)CCC3N)cc1OC. The first kappa shape index (κ1) is 13.9. The van der Waals surface area contributed by atoms with E-state index in [0.29, 0.717) is 23.4 Å². The number of fused-ring (bicyclic) bond motifs is 1. The second-order valence-corrected chi connectivity index (χ2v) is 5.34. The van der Waals surface area contributed by atoms with E-state index >= 15 is 0 Å². The van der Waals surface area contributed by atoms with Gasteiger partial charge in [0, 0.05) is 5.56 Å². The lowest BCUT2D eigenvalue weighted by Gasteiger charge is -2.23. The highest BCUT2D eigenvalue weighted by molar-refractivity contribution is 5.61. The predicted molar refractivity (Wildman–Crippen MR) is 79.4 cm³/mol. The van der Waals surface area contributed by atoms with Crippen molar-refractivity contribution < 1.29 is 9.47 Å². The molecular weight excluding hydrogens is 268 g/mol. The van der Waals surface area contributed by atoms with Crippen molar-refractivity contribution in [1.82, 2.24) is 14.8 Å². The van der Waals surface area contributed by atoms with Gasteiger partial charge in [0.2, 0.25) is 0 Å². The minimum Gasteiger partial charge on any atom is -0.493 e. The van der Waals surface area contributed by atoms with Crippen molar-refractivity contribution in [2.24, 2.45) is 5.73 Å². The molecule has 21 heavy (non-hydrogen) atoms. The molecule has 112 valence electrons. The molecule has 0 saturated heterocycles. The van der Waals surface area contributed by atoms with Crippen molar-refractivity contribution in [1.29, 1.82) is 0 Å². The van der Waals surface area contributed by atoms with E-state index in [9.17, 15) is 0 Å². The van der Waals surface area contributed by atoms with Gasteiger partial charge >= 0.3 is 0 Å². The molecule has 0 aliphatic carbocycles. The molecule has 2 heterocycles. The fourth-order valence-electron chi connectivity index (χ4n) is 2.68. The third kappa shape index (κ3) is 2.35. The lowest BCUT2D eigenvalue weighted by Crippen LogP contribution is -2.25. The standard InChI is InChI=1S/C15H20N4O2/c1-9-4-6-11(16)15-17-14(18-19(9)15)10-5-7-12(20-2)13(8-10)21-3/h5,7-9,11H,4,6,16H2,1-3H3. The second-order valence-electron chi connectivity index (χ2n) is 5.34. The maximum absolute atomic E-state index is 6.13. The number of nitrogens with two attached hydrogens (primary N) is 1. The van der Waals surface area contributed by atoms with Gasteiger partial charge in [-0.2, -0.15) is 5.10 Å². The van der Waals surface area contributed by atoms with Gasteiger partial charge < -0.3 is 15.2 Å². The van der Waals surface area contributed by atoms with Gasteiger partial charge in [-0.25, -0.2) is 9.67 Å². The molecule has 6 heteroatoms. The van der Waals surface area contributed by atoms with Crippen LogP contribution in [0.25, 0.3) is 11.4 Å². The molecule has 0 saturated carbocycles. The third-order valence-electron chi connectivity index (χ3n) is 3.94. The number of nitrogens with zero attached hydrogens (tertiary/aromatic N) is 3. The summed E-state index contributed by atoms with van der Waals surface area (Å²) in [7, 11) is 3.23. The molecule has 2 atom stereocenters. The molecule has 2 aromatic rings. The quantitative estimate of drug-likeness (QED) is 0.938. The van der Waals surface area contributed by atoms with Crippen LogP contribution in [0.4, 0.5) is 0 Å². The highest BCUT2D eigenvalue weighted by Crippen LogP contribution is 2.34. The van der Waals surface area contributed by atoms with E-state index in [1.807, 2.05) is 22.9 Å². The zero-order chi connectivity index (χ0) is 15.0. The van der Waals surface area contributed by atoms with Crippen LogP contribution < -0.4 is 15.2 Å². The lowest BCUT2D eigenvalue weighted by molar-refractivity contribution is 0.350. The van der Waals surface area contributed by atoms with Crippen LogP contribution in [-0.4, -0.2) is 29.0 Å². The summed E-state index contributed by atoms with van der Waals surface area (Å²) in [6.07, 6.45) is 1.98. The Kier molecular flexibility index (Phi) is 3.55. The Hall–Kier alpha value is -2.08. The molecule has 2 N–H and O–H groups in total. The fourth-order valence-corrected chi connectivity index (χ4v) is 2.68. The maximum atomic E-state index is 6.13. The molecular formula is C15H20N4O2. The smallest absolute Gasteiger partial charge is 0.181 e. The Morgan fingerprint density at radius 2 is 1.95 bits per heavy atom. The molecule has 1 aliphatic rings. The van der Waals surface area contributed by atoms with Crippen LogP contribution in [-0.2, 0) is 0 Å². The van der Waals surface area contributed by atoms with Crippen molar-refractivity contribution in [2.75, 3.05) is 14.2 Å². The highest BCUT2D eigenvalue weighted by atomic mass is 16.5. The number of benzene rings is 1. The van der Waals surface area contributed by atoms with Crippen molar-refractivity contribution in [3.63, 3.8) is 0 Å². The molecule has 3 rings (SSSR count). The molecule has 0 fully saturated rings. The molecule has 1 aliphatic heterocycles. The van der Waals surface area contributed by atoms with Crippen molar-refractivity contribution >= 4 is 0 Å². The molecule has 2 unspecified atom stereocenters. The summed E-state index contributed by atoms with van der Waals surface area (Å²) in [6, 6.07) is 5.97. The van der Waals surface area contributed by atoms with Gasteiger partial charge in [-0.1, -0.05) is 0 Å². The highest BCUT2D eigenvalue weighted by Gasteiger charge is 2.26. The first-order chi connectivity index (χ1) is 10.1. The van der Waals surface area contributed by atoms with E-state index in [-0.39, 0.29) is 6.04 Å². The van der Waals surface area contributed by atoms with E-state index in [2.05, 4.69) is 17.0 Å². The molecule has 0 amide bonds. The van der Waals surface area contributed by atoms with E-state index in [1.54, 1.807) is 14.2 Å².